The van der Waals surface area contributed by atoms with Crippen molar-refractivity contribution in [3.63, 3.8) is 0 Å². The van der Waals surface area contributed by atoms with Crippen LogP contribution in [-0.2, 0) is 15.0 Å². The first-order chi connectivity index (χ1) is 14.4. The quantitative estimate of drug-likeness (QED) is 0.412. The maximum absolute atomic E-state index is 12.9. The highest BCUT2D eigenvalue weighted by atomic mass is 16.5. The summed E-state index contributed by atoms with van der Waals surface area (Å²) in [6, 6.07) is 11.4. The number of ether oxygens (including phenoxy) is 1. The number of hydrogen-bond donors (Lipinski definition) is 1. The fourth-order valence-corrected chi connectivity index (χ4v) is 4.65. The van der Waals surface area contributed by atoms with Crippen molar-refractivity contribution >= 4 is 22.7 Å². The molecule has 3 atom stereocenters. The lowest BCUT2D eigenvalue weighted by Gasteiger charge is -2.34. The van der Waals surface area contributed by atoms with Crippen LogP contribution in [0.5, 0.6) is 5.75 Å². The Hall–Kier alpha value is -3.14. The largest absolute Gasteiger partial charge is 0.481 e. The maximum Gasteiger partial charge on any atom is 0.318 e. The Morgan fingerprint density at radius 1 is 1.13 bits per heavy atom. The van der Waals surface area contributed by atoms with Crippen molar-refractivity contribution in [3.8, 4) is 5.75 Å². The van der Waals surface area contributed by atoms with Crippen LogP contribution in [0, 0.1) is 11.8 Å². The second-order valence-corrected chi connectivity index (χ2v) is 8.44. The van der Waals surface area contributed by atoms with E-state index in [-0.39, 0.29) is 11.9 Å². The molecule has 0 radical (unpaired) electrons. The summed E-state index contributed by atoms with van der Waals surface area (Å²) < 4.78 is 5.91. The molecule has 4 rings (SSSR count). The number of carbonyl (C=O) groups is 2. The minimum atomic E-state index is -0.882. The fourth-order valence-electron chi connectivity index (χ4n) is 4.65. The molecule has 4 nitrogen and oxygen atoms in total. The molecule has 2 aliphatic rings. The number of carboxylic acids is 1. The molecule has 0 saturated heterocycles. The number of carbonyl (C=O) groups excluding carboxylic acids is 1. The van der Waals surface area contributed by atoms with E-state index in [4.69, 9.17) is 4.74 Å². The van der Waals surface area contributed by atoms with Gasteiger partial charge in [0.05, 0.1) is 11.8 Å². The van der Waals surface area contributed by atoms with Crippen LogP contribution in [0.3, 0.4) is 0 Å². The number of hydrogen-bond acceptors (Lipinski definition) is 3. The summed E-state index contributed by atoms with van der Waals surface area (Å²) in [5.74, 6) is -1.59. The Balaban J connectivity index is 1.81. The van der Waals surface area contributed by atoms with Crippen molar-refractivity contribution in [1.29, 1.82) is 0 Å². The zero-order valence-electron chi connectivity index (χ0n) is 17.3. The molecule has 0 fully saturated rings. The van der Waals surface area contributed by atoms with E-state index in [9.17, 15) is 14.7 Å². The van der Waals surface area contributed by atoms with E-state index in [1.54, 1.807) is 18.2 Å². The van der Waals surface area contributed by atoms with Crippen molar-refractivity contribution in [2.24, 2.45) is 11.8 Å². The third-order valence-corrected chi connectivity index (χ3v) is 6.30. The van der Waals surface area contributed by atoms with Gasteiger partial charge in [0.2, 0.25) is 0 Å². The van der Waals surface area contributed by atoms with Gasteiger partial charge >= 0.3 is 11.9 Å². The van der Waals surface area contributed by atoms with Gasteiger partial charge in [0.1, 0.15) is 5.75 Å². The summed E-state index contributed by atoms with van der Waals surface area (Å²) in [6.07, 6.45) is 12.1. The number of aliphatic carboxylic acids is 1. The first kappa shape index (κ1) is 20.1. The van der Waals surface area contributed by atoms with Crippen LogP contribution in [0.4, 0.5) is 0 Å². The molecular formula is C26H26O4. The zero-order chi connectivity index (χ0) is 21.3. The lowest BCUT2D eigenvalue weighted by molar-refractivity contribution is -0.141. The van der Waals surface area contributed by atoms with Gasteiger partial charge in [-0.25, -0.2) is 0 Å². The third kappa shape index (κ3) is 3.58. The molecule has 0 spiro atoms. The molecule has 0 aliphatic heterocycles. The second-order valence-electron chi connectivity index (χ2n) is 8.44. The predicted octanol–water partition coefficient (Wildman–Crippen LogP) is 5.58. The highest BCUT2D eigenvalue weighted by molar-refractivity contribution is 5.95. The van der Waals surface area contributed by atoms with Crippen LogP contribution in [0.15, 0.2) is 72.4 Å². The molecule has 2 aliphatic carbocycles. The number of fused-ring (bicyclic) bond motifs is 1. The summed E-state index contributed by atoms with van der Waals surface area (Å²) in [5.41, 5.74) is 1.30. The number of rotatable bonds is 4. The smallest absolute Gasteiger partial charge is 0.318 e. The van der Waals surface area contributed by atoms with Crippen LogP contribution >= 0.6 is 0 Å². The summed E-state index contributed by atoms with van der Waals surface area (Å²) in [5, 5.41) is 11.5. The van der Waals surface area contributed by atoms with E-state index < -0.39 is 17.3 Å². The van der Waals surface area contributed by atoms with Gasteiger partial charge in [-0.05, 0) is 43.2 Å². The van der Waals surface area contributed by atoms with E-state index >= 15 is 0 Å². The molecule has 0 saturated carbocycles. The van der Waals surface area contributed by atoms with E-state index in [1.165, 1.54) is 5.57 Å². The summed E-state index contributed by atoms with van der Waals surface area (Å²) in [6.45, 7) is 3.97. The summed E-state index contributed by atoms with van der Waals surface area (Å²) in [7, 11) is 0. The van der Waals surface area contributed by atoms with E-state index in [2.05, 4.69) is 0 Å². The molecule has 30 heavy (non-hydrogen) atoms. The van der Waals surface area contributed by atoms with Crippen molar-refractivity contribution in [1.82, 2.24) is 0 Å². The normalized spacial score (nSPS) is 25.7. The van der Waals surface area contributed by atoms with Crippen LogP contribution in [0.1, 0.15) is 38.7 Å². The van der Waals surface area contributed by atoms with Gasteiger partial charge in [0.25, 0.3) is 0 Å². The molecule has 3 unspecified atom stereocenters. The molecule has 154 valence electrons. The van der Waals surface area contributed by atoms with Gasteiger partial charge in [-0.2, -0.15) is 0 Å². The lowest BCUT2D eigenvalue weighted by atomic mass is 9.68. The Morgan fingerprint density at radius 2 is 1.90 bits per heavy atom. The summed E-state index contributed by atoms with van der Waals surface area (Å²) >= 11 is 0. The highest BCUT2D eigenvalue weighted by Gasteiger charge is 2.39. The van der Waals surface area contributed by atoms with Gasteiger partial charge in [-0.15, -0.1) is 0 Å². The monoisotopic (exact) mass is 402 g/mol. The molecule has 0 heterocycles. The predicted molar refractivity (Wildman–Crippen MR) is 117 cm³/mol. The third-order valence-electron chi connectivity index (χ3n) is 6.30. The minimum absolute atomic E-state index is 0.235. The number of carboxylic acid groups (broad SMARTS) is 1. The van der Waals surface area contributed by atoms with Gasteiger partial charge in [0, 0.05) is 10.8 Å². The van der Waals surface area contributed by atoms with Crippen LogP contribution in [0.2, 0.25) is 0 Å². The molecule has 0 amide bonds. The van der Waals surface area contributed by atoms with Gasteiger partial charge in [0.15, 0.2) is 0 Å². The zero-order valence-corrected chi connectivity index (χ0v) is 17.3. The van der Waals surface area contributed by atoms with Crippen LogP contribution in [0.25, 0.3) is 10.8 Å². The number of esters is 1. The Kier molecular flexibility index (Phi) is 5.33. The second kappa shape index (κ2) is 7.94. The Bertz CT molecular complexity index is 1090. The van der Waals surface area contributed by atoms with Crippen LogP contribution < -0.4 is 4.74 Å². The van der Waals surface area contributed by atoms with Gasteiger partial charge in [-0.3, -0.25) is 9.59 Å². The SMILES string of the molecule is CC1=CC(C(=O)Oc2cccc3cccc(C4(C)C=CC=CC4C(=O)O)c23)CCC1. The fraction of sp³-hybridized carbons (Fsp3) is 0.308. The van der Waals surface area contributed by atoms with Crippen LogP contribution in [-0.4, -0.2) is 17.0 Å². The molecule has 0 bridgehead atoms. The Morgan fingerprint density at radius 3 is 2.63 bits per heavy atom. The number of allylic oxidation sites excluding steroid dienone is 4. The highest BCUT2D eigenvalue weighted by Crippen LogP contribution is 2.43. The molecular weight excluding hydrogens is 376 g/mol. The van der Waals surface area contributed by atoms with Crippen molar-refractivity contribution < 1.29 is 19.4 Å². The standard InChI is InChI=1S/C26H26O4/c1-17-8-5-11-19(16-17)25(29)30-22-14-7-10-18-9-6-13-20(23(18)22)26(2)15-4-3-12-21(26)24(27)28/h3-4,6-7,9-10,12-16,19,21H,5,8,11H2,1-2H3,(H,27,28). The lowest BCUT2D eigenvalue weighted by Crippen LogP contribution is -2.36. The topological polar surface area (TPSA) is 63.6 Å². The van der Waals surface area contributed by atoms with Crippen molar-refractivity contribution in [3.05, 3.63) is 77.9 Å². The molecule has 1 N–H and O–H groups in total. The molecule has 0 aromatic heterocycles. The van der Waals surface area contributed by atoms with E-state index in [0.29, 0.717) is 5.75 Å². The van der Waals surface area contributed by atoms with E-state index in [0.717, 1.165) is 35.6 Å². The van der Waals surface area contributed by atoms with Gasteiger partial charge < -0.3 is 9.84 Å². The number of benzene rings is 2. The maximum atomic E-state index is 12.9. The van der Waals surface area contributed by atoms with E-state index in [1.807, 2.05) is 62.4 Å². The minimum Gasteiger partial charge on any atom is -0.481 e. The van der Waals surface area contributed by atoms with Crippen molar-refractivity contribution in [2.75, 3.05) is 0 Å². The molecule has 2 aromatic rings. The summed E-state index contributed by atoms with van der Waals surface area (Å²) in [4.78, 5) is 24.9. The molecule has 4 heteroatoms. The Labute approximate surface area is 176 Å². The van der Waals surface area contributed by atoms with Crippen molar-refractivity contribution in [2.45, 2.75) is 38.5 Å². The first-order valence-corrected chi connectivity index (χ1v) is 10.4. The molecule has 2 aromatic carbocycles. The van der Waals surface area contributed by atoms with Gasteiger partial charge in [-0.1, -0.05) is 73.2 Å². The average molecular weight is 402 g/mol. The average Bonchev–Trinajstić information content (AvgIpc) is 2.73. The first-order valence-electron chi connectivity index (χ1n) is 10.4.